The van der Waals surface area contributed by atoms with E-state index in [0.717, 1.165) is 11.1 Å². The Labute approximate surface area is 127 Å². The van der Waals surface area contributed by atoms with E-state index in [-0.39, 0.29) is 22.8 Å². The first-order valence-corrected chi connectivity index (χ1v) is 7.32. The van der Waals surface area contributed by atoms with Crippen molar-refractivity contribution in [3.8, 4) is 11.8 Å². The zero-order valence-corrected chi connectivity index (χ0v) is 13.5. The fraction of sp³-hybridized carbons (Fsp3) is 0.500. The average Bonchev–Trinajstić information content (AvgIpc) is 2.80. The van der Waals surface area contributed by atoms with Gasteiger partial charge in [0.05, 0.1) is 6.54 Å². The molecule has 0 atom stereocenters. The summed E-state index contributed by atoms with van der Waals surface area (Å²) in [5.74, 6) is 5.77. The Morgan fingerprint density at radius 2 is 1.90 bits per heavy atom. The van der Waals surface area contributed by atoms with Crippen LogP contribution in [-0.2, 0) is 0 Å². The van der Waals surface area contributed by atoms with Crippen molar-refractivity contribution in [2.24, 2.45) is 16.6 Å². The third-order valence-corrected chi connectivity index (χ3v) is 5.11. The minimum absolute atomic E-state index is 0.0208. The number of nitrogens with two attached hydrogens (primary N) is 1. The van der Waals surface area contributed by atoms with Gasteiger partial charge in [0.1, 0.15) is 0 Å². The van der Waals surface area contributed by atoms with Gasteiger partial charge >= 0.3 is 0 Å². The summed E-state index contributed by atoms with van der Waals surface area (Å²) < 4.78 is 0. The van der Waals surface area contributed by atoms with Crippen LogP contribution in [0.4, 0.5) is 0 Å². The maximum Gasteiger partial charge on any atom is 0.251 e. The number of carbonyl (C=O) groups excluding carboxylic acids is 1. The first-order chi connectivity index (χ1) is 9.71. The molecule has 1 saturated carbocycles. The van der Waals surface area contributed by atoms with Gasteiger partial charge < -0.3 is 11.1 Å². The normalized spacial score (nSPS) is 18.6. The monoisotopic (exact) mass is 284 g/mol. The number of benzene rings is 1. The van der Waals surface area contributed by atoms with Crippen LogP contribution in [0.15, 0.2) is 18.2 Å². The van der Waals surface area contributed by atoms with Crippen molar-refractivity contribution in [3.05, 3.63) is 34.9 Å². The third kappa shape index (κ3) is 2.69. The van der Waals surface area contributed by atoms with Gasteiger partial charge in [-0.15, -0.1) is 0 Å². The Balaban J connectivity index is 2.20. The average molecular weight is 284 g/mol. The molecule has 1 aromatic rings. The molecule has 0 aliphatic heterocycles. The fourth-order valence-corrected chi connectivity index (χ4v) is 2.86. The summed E-state index contributed by atoms with van der Waals surface area (Å²) in [5, 5.41) is 3.16. The summed E-state index contributed by atoms with van der Waals surface area (Å²) in [6, 6.07) is 5.89. The SMILES string of the molecule is Cc1ccc(C#CCN)cc1C(=O)NC1C(C)(C)C1(C)C. The Morgan fingerprint density at radius 1 is 1.29 bits per heavy atom. The predicted octanol–water partition coefficient (Wildman–Crippen LogP) is 2.47. The first kappa shape index (κ1) is 15.6. The van der Waals surface area contributed by atoms with Crippen molar-refractivity contribution in [2.45, 2.75) is 40.7 Å². The molecular formula is C18H24N2O. The molecule has 0 spiro atoms. The number of hydrogen-bond donors (Lipinski definition) is 2. The predicted molar refractivity (Wildman–Crippen MR) is 85.9 cm³/mol. The molecule has 3 nitrogen and oxygen atoms in total. The zero-order chi connectivity index (χ0) is 15.8. The molecule has 1 fully saturated rings. The van der Waals surface area contributed by atoms with Crippen molar-refractivity contribution in [1.82, 2.24) is 5.32 Å². The van der Waals surface area contributed by atoms with Gasteiger partial charge in [0.25, 0.3) is 5.91 Å². The summed E-state index contributed by atoms with van der Waals surface area (Å²) in [5.41, 5.74) is 8.13. The highest BCUT2D eigenvalue weighted by Gasteiger charge is 2.65. The van der Waals surface area contributed by atoms with Gasteiger partial charge in [-0.25, -0.2) is 0 Å². The molecule has 1 amide bonds. The second-order valence-electron chi connectivity index (χ2n) is 6.89. The van der Waals surface area contributed by atoms with E-state index in [1.165, 1.54) is 0 Å². The quantitative estimate of drug-likeness (QED) is 0.820. The molecule has 1 aliphatic carbocycles. The molecule has 0 bridgehead atoms. The van der Waals surface area contributed by atoms with Crippen LogP contribution in [0.5, 0.6) is 0 Å². The van der Waals surface area contributed by atoms with Gasteiger partial charge in [-0.1, -0.05) is 45.6 Å². The molecule has 2 rings (SSSR count). The highest BCUT2D eigenvalue weighted by molar-refractivity contribution is 5.96. The second kappa shape index (κ2) is 5.20. The molecule has 0 radical (unpaired) electrons. The number of aryl methyl sites for hydroxylation is 1. The van der Waals surface area contributed by atoms with E-state index in [2.05, 4.69) is 44.9 Å². The third-order valence-electron chi connectivity index (χ3n) is 5.11. The number of hydrogen-bond acceptors (Lipinski definition) is 2. The molecule has 0 aromatic heterocycles. The van der Waals surface area contributed by atoms with Gasteiger partial charge in [0.2, 0.25) is 0 Å². The number of amides is 1. The van der Waals surface area contributed by atoms with E-state index in [0.29, 0.717) is 12.1 Å². The summed E-state index contributed by atoms with van der Waals surface area (Å²) in [7, 11) is 0. The van der Waals surface area contributed by atoms with E-state index in [4.69, 9.17) is 5.73 Å². The van der Waals surface area contributed by atoms with Crippen molar-refractivity contribution in [2.75, 3.05) is 6.54 Å². The summed E-state index contributed by atoms with van der Waals surface area (Å²) in [6.07, 6.45) is 0. The molecule has 21 heavy (non-hydrogen) atoms. The van der Waals surface area contributed by atoms with Crippen LogP contribution in [0.3, 0.4) is 0 Å². The van der Waals surface area contributed by atoms with Crippen LogP contribution in [0.25, 0.3) is 0 Å². The summed E-state index contributed by atoms with van der Waals surface area (Å²) in [4.78, 5) is 12.5. The second-order valence-corrected chi connectivity index (χ2v) is 6.89. The van der Waals surface area contributed by atoms with Crippen LogP contribution in [0, 0.1) is 29.6 Å². The summed E-state index contributed by atoms with van der Waals surface area (Å²) in [6.45, 7) is 11.0. The fourth-order valence-electron chi connectivity index (χ4n) is 2.86. The molecule has 3 heteroatoms. The Morgan fingerprint density at radius 3 is 2.43 bits per heavy atom. The van der Waals surface area contributed by atoms with Crippen LogP contribution < -0.4 is 11.1 Å². The lowest BCUT2D eigenvalue weighted by Gasteiger charge is -2.09. The van der Waals surface area contributed by atoms with Crippen LogP contribution in [0.2, 0.25) is 0 Å². The van der Waals surface area contributed by atoms with Crippen molar-refractivity contribution < 1.29 is 4.79 Å². The number of carbonyl (C=O) groups is 1. The van der Waals surface area contributed by atoms with Crippen molar-refractivity contribution in [3.63, 3.8) is 0 Å². The van der Waals surface area contributed by atoms with Gasteiger partial charge in [-0.2, -0.15) is 0 Å². The Bertz CT molecular complexity index is 618. The first-order valence-electron chi connectivity index (χ1n) is 7.32. The molecule has 1 aromatic carbocycles. The Kier molecular flexibility index (Phi) is 3.86. The largest absolute Gasteiger partial charge is 0.348 e. The maximum atomic E-state index is 12.5. The highest BCUT2D eigenvalue weighted by atomic mass is 16.1. The van der Waals surface area contributed by atoms with E-state index >= 15 is 0 Å². The van der Waals surface area contributed by atoms with E-state index in [1.54, 1.807) is 0 Å². The van der Waals surface area contributed by atoms with E-state index < -0.39 is 0 Å². The van der Waals surface area contributed by atoms with E-state index in [1.807, 2.05) is 25.1 Å². The number of rotatable bonds is 2. The standard InChI is InChI=1S/C18H24N2O/c1-12-8-9-13(7-6-10-19)11-14(12)15(21)20-16-17(2,3)18(16,4)5/h8-9,11,16H,10,19H2,1-5H3,(H,20,21). The Hall–Kier alpha value is -1.79. The molecular weight excluding hydrogens is 260 g/mol. The highest BCUT2D eigenvalue weighted by Crippen LogP contribution is 2.62. The molecule has 3 N–H and O–H groups in total. The minimum atomic E-state index is -0.0208. The molecule has 112 valence electrons. The minimum Gasteiger partial charge on any atom is -0.348 e. The van der Waals surface area contributed by atoms with E-state index in [9.17, 15) is 4.79 Å². The lowest BCUT2D eigenvalue weighted by molar-refractivity contribution is 0.0943. The smallest absolute Gasteiger partial charge is 0.251 e. The number of nitrogens with one attached hydrogen (secondary N) is 1. The summed E-state index contributed by atoms with van der Waals surface area (Å²) >= 11 is 0. The lowest BCUT2D eigenvalue weighted by Crippen LogP contribution is -2.30. The van der Waals surface area contributed by atoms with Gasteiger partial charge in [-0.05, 0) is 35.4 Å². The van der Waals surface area contributed by atoms with Gasteiger partial charge in [0.15, 0.2) is 0 Å². The molecule has 1 aliphatic rings. The van der Waals surface area contributed by atoms with Crippen LogP contribution in [-0.4, -0.2) is 18.5 Å². The van der Waals surface area contributed by atoms with Crippen molar-refractivity contribution in [1.29, 1.82) is 0 Å². The molecule has 0 saturated heterocycles. The van der Waals surface area contributed by atoms with Gasteiger partial charge in [-0.3, -0.25) is 4.79 Å². The lowest BCUT2D eigenvalue weighted by atomic mass is 10.0. The van der Waals surface area contributed by atoms with Crippen LogP contribution >= 0.6 is 0 Å². The topological polar surface area (TPSA) is 55.1 Å². The van der Waals surface area contributed by atoms with Gasteiger partial charge in [0, 0.05) is 17.2 Å². The molecule has 0 heterocycles. The van der Waals surface area contributed by atoms with Crippen LogP contribution in [0.1, 0.15) is 49.2 Å². The maximum absolute atomic E-state index is 12.5. The van der Waals surface area contributed by atoms with Crippen molar-refractivity contribution >= 4 is 5.91 Å². The zero-order valence-electron chi connectivity index (χ0n) is 13.5. The molecule has 0 unspecified atom stereocenters.